The van der Waals surface area contributed by atoms with Crippen LogP contribution >= 0.6 is 0 Å². The summed E-state index contributed by atoms with van der Waals surface area (Å²) in [6.45, 7) is 2.13. The van der Waals surface area contributed by atoms with E-state index < -0.39 is 18.4 Å². The van der Waals surface area contributed by atoms with Crippen LogP contribution in [0.15, 0.2) is 0 Å². The molecule has 1 saturated heterocycles. The van der Waals surface area contributed by atoms with Crippen LogP contribution in [0.1, 0.15) is 13.3 Å². The lowest BCUT2D eigenvalue weighted by molar-refractivity contribution is -0.128. The van der Waals surface area contributed by atoms with Gasteiger partial charge in [-0.2, -0.15) is 0 Å². The van der Waals surface area contributed by atoms with Crippen LogP contribution in [-0.2, 0) is 4.79 Å². The van der Waals surface area contributed by atoms with Crippen LogP contribution in [0, 0.1) is 5.92 Å². The number of carbonyl (C=O) groups is 1. The Labute approximate surface area is 75.3 Å². The van der Waals surface area contributed by atoms with Crippen LogP contribution in [-0.4, -0.2) is 41.5 Å². The minimum absolute atomic E-state index is 0.121. The molecule has 1 rings (SSSR count). The maximum Gasteiger partial charge on any atom is 0.264 e. The topological polar surface area (TPSA) is 40.5 Å². The van der Waals surface area contributed by atoms with Crippen LogP contribution in [0.3, 0.4) is 0 Å². The van der Waals surface area contributed by atoms with Gasteiger partial charge in [0.2, 0.25) is 5.91 Å². The molecule has 1 aliphatic heterocycles. The number of hydrogen-bond donors (Lipinski definition) is 1. The number of nitrogens with zero attached hydrogens (tertiary/aromatic N) is 1. The number of carbonyl (C=O) groups excluding carboxylic acids is 1. The Hall–Kier alpha value is -0.710. The van der Waals surface area contributed by atoms with E-state index in [0.717, 1.165) is 0 Å². The molecule has 1 amide bonds. The van der Waals surface area contributed by atoms with Gasteiger partial charge >= 0.3 is 0 Å². The van der Waals surface area contributed by atoms with Crippen molar-refractivity contribution in [2.45, 2.75) is 25.9 Å². The predicted octanol–water partition coefficient (Wildman–Crippen LogP) is 0.481. The van der Waals surface area contributed by atoms with E-state index in [1.165, 1.54) is 11.8 Å². The van der Waals surface area contributed by atoms with E-state index in [0.29, 0.717) is 13.0 Å². The normalized spacial score (nSPS) is 25.3. The van der Waals surface area contributed by atoms with Crippen LogP contribution in [0.4, 0.5) is 8.78 Å². The first-order valence-corrected chi connectivity index (χ1v) is 4.24. The van der Waals surface area contributed by atoms with E-state index >= 15 is 0 Å². The molecule has 1 N–H and O–H groups in total. The number of alkyl halides is 2. The maximum atomic E-state index is 12.1. The van der Waals surface area contributed by atoms with Crippen molar-refractivity contribution in [3.63, 3.8) is 0 Å². The van der Waals surface area contributed by atoms with E-state index in [4.69, 9.17) is 5.11 Å². The number of amides is 1. The minimum Gasteiger partial charge on any atom is -0.387 e. The fourth-order valence-electron chi connectivity index (χ4n) is 1.56. The van der Waals surface area contributed by atoms with Gasteiger partial charge in [-0.1, -0.05) is 0 Å². The lowest BCUT2D eigenvalue weighted by atomic mass is 10.0. The summed E-state index contributed by atoms with van der Waals surface area (Å²) in [4.78, 5) is 12.3. The first-order valence-electron chi connectivity index (χ1n) is 4.24. The molecule has 1 fully saturated rings. The predicted molar refractivity (Wildman–Crippen MR) is 42.4 cm³/mol. The molecular formula is C8H13F2NO2. The zero-order chi connectivity index (χ0) is 10.0. The van der Waals surface area contributed by atoms with Crippen LogP contribution < -0.4 is 0 Å². The van der Waals surface area contributed by atoms with Crippen molar-refractivity contribution < 1.29 is 18.7 Å². The van der Waals surface area contributed by atoms with E-state index in [1.54, 1.807) is 0 Å². The average molecular weight is 193 g/mol. The summed E-state index contributed by atoms with van der Waals surface area (Å²) < 4.78 is 24.1. The van der Waals surface area contributed by atoms with Gasteiger partial charge in [-0.15, -0.1) is 0 Å². The molecule has 76 valence electrons. The van der Waals surface area contributed by atoms with E-state index in [9.17, 15) is 13.6 Å². The lowest BCUT2D eigenvalue weighted by Crippen LogP contribution is -2.32. The number of aliphatic hydroxyl groups excluding tert-OH is 1. The van der Waals surface area contributed by atoms with Crippen molar-refractivity contribution in [3.05, 3.63) is 0 Å². The van der Waals surface area contributed by atoms with Gasteiger partial charge in [-0.25, -0.2) is 8.78 Å². The Bertz CT molecular complexity index is 199. The summed E-state index contributed by atoms with van der Waals surface area (Å²) in [7, 11) is 0. The number of hydrogen-bond acceptors (Lipinski definition) is 2. The molecule has 2 unspecified atom stereocenters. The standard InChI is InChI=1S/C8H13F2NO2/c1-5(12)11-3-2-6(4-11)7(13)8(9)10/h6-8,13H,2-4H2,1H3. The van der Waals surface area contributed by atoms with Crippen LogP contribution in [0.25, 0.3) is 0 Å². The SMILES string of the molecule is CC(=O)N1CCC(C(O)C(F)F)C1. The first kappa shape index (κ1) is 10.4. The Morgan fingerprint density at radius 3 is 2.62 bits per heavy atom. The van der Waals surface area contributed by atoms with Gasteiger partial charge in [0.15, 0.2) is 0 Å². The number of halogens is 2. The molecule has 0 saturated carbocycles. The largest absolute Gasteiger partial charge is 0.387 e. The minimum atomic E-state index is -2.71. The highest BCUT2D eigenvalue weighted by Crippen LogP contribution is 2.23. The molecule has 0 aromatic rings. The molecule has 3 nitrogen and oxygen atoms in total. The third-order valence-electron chi connectivity index (χ3n) is 2.41. The summed E-state index contributed by atoms with van der Waals surface area (Å²) in [6.07, 6.45) is -3.84. The summed E-state index contributed by atoms with van der Waals surface area (Å²) in [5.74, 6) is -0.590. The van der Waals surface area contributed by atoms with Gasteiger partial charge in [-0.05, 0) is 6.42 Å². The van der Waals surface area contributed by atoms with Gasteiger partial charge in [-0.3, -0.25) is 4.79 Å². The second-order valence-electron chi connectivity index (χ2n) is 3.34. The summed E-state index contributed by atoms with van der Waals surface area (Å²) in [5.41, 5.74) is 0. The third kappa shape index (κ3) is 2.37. The molecule has 0 aromatic heterocycles. The fourth-order valence-corrected chi connectivity index (χ4v) is 1.56. The van der Waals surface area contributed by atoms with Crippen molar-refractivity contribution in [1.29, 1.82) is 0 Å². The zero-order valence-corrected chi connectivity index (χ0v) is 7.41. The zero-order valence-electron chi connectivity index (χ0n) is 7.41. The van der Waals surface area contributed by atoms with Crippen molar-refractivity contribution in [2.75, 3.05) is 13.1 Å². The number of likely N-dealkylation sites (tertiary alicyclic amines) is 1. The highest BCUT2D eigenvalue weighted by molar-refractivity contribution is 5.73. The molecule has 1 heterocycles. The highest BCUT2D eigenvalue weighted by Gasteiger charge is 2.34. The van der Waals surface area contributed by atoms with E-state index in [1.807, 2.05) is 0 Å². The molecule has 1 aliphatic rings. The number of aliphatic hydroxyl groups is 1. The van der Waals surface area contributed by atoms with Gasteiger partial charge in [0.1, 0.15) is 6.10 Å². The van der Waals surface area contributed by atoms with E-state index in [2.05, 4.69) is 0 Å². The number of rotatable bonds is 2. The van der Waals surface area contributed by atoms with Gasteiger partial charge in [0.25, 0.3) is 6.43 Å². The van der Waals surface area contributed by atoms with Crippen molar-refractivity contribution in [3.8, 4) is 0 Å². The molecule has 5 heteroatoms. The quantitative estimate of drug-likeness (QED) is 0.693. The first-order chi connectivity index (χ1) is 6.02. The van der Waals surface area contributed by atoms with Gasteiger partial charge in [0.05, 0.1) is 0 Å². The van der Waals surface area contributed by atoms with E-state index in [-0.39, 0.29) is 12.5 Å². The highest BCUT2D eigenvalue weighted by atomic mass is 19.3. The molecule has 13 heavy (non-hydrogen) atoms. The van der Waals surface area contributed by atoms with Crippen LogP contribution in [0.2, 0.25) is 0 Å². The third-order valence-corrected chi connectivity index (χ3v) is 2.41. The summed E-state index contributed by atoms with van der Waals surface area (Å²) in [5, 5.41) is 9.04. The summed E-state index contributed by atoms with van der Waals surface area (Å²) >= 11 is 0. The Balaban J connectivity index is 2.45. The maximum absolute atomic E-state index is 12.1. The van der Waals surface area contributed by atoms with Gasteiger partial charge < -0.3 is 10.0 Å². The molecule has 0 spiro atoms. The Kier molecular flexibility index (Phi) is 3.19. The lowest BCUT2D eigenvalue weighted by Gasteiger charge is -2.17. The second kappa shape index (κ2) is 4.00. The smallest absolute Gasteiger partial charge is 0.264 e. The molecule has 0 aliphatic carbocycles. The molecule has 0 bridgehead atoms. The second-order valence-corrected chi connectivity index (χ2v) is 3.34. The van der Waals surface area contributed by atoms with Crippen molar-refractivity contribution >= 4 is 5.91 Å². The Morgan fingerprint density at radius 1 is 1.62 bits per heavy atom. The molecular weight excluding hydrogens is 180 g/mol. The molecule has 2 atom stereocenters. The monoisotopic (exact) mass is 193 g/mol. The average Bonchev–Trinajstić information content (AvgIpc) is 2.50. The fraction of sp³-hybridized carbons (Fsp3) is 0.875. The van der Waals surface area contributed by atoms with Crippen LogP contribution in [0.5, 0.6) is 0 Å². The van der Waals surface area contributed by atoms with Gasteiger partial charge in [0, 0.05) is 25.9 Å². The summed E-state index contributed by atoms with van der Waals surface area (Å²) in [6, 6.07) is 0. The molecule has 0 radical (unpaired) electrons. The van der Waals surface area contributed by atoms with Crippen molar-refractivity contribution in [2.24, 2.45) is 5.92 Å². The van der Waals surface area contributed by atoms with Crippen molar-refractivity contribution in [1.82, 2.24) is 4.90 Å². The Morgan fingerprint density at radius 2 is 2.23 bits per heavy atom. The molecule has 0 aromatic carbocycles.